The fourth-order valence-corrected chi connectivity index (χ4v) is 4.57. The second kappa shape index (κ2) is 11.5. The van der Waals surface area contributed by atoms with E-state index in [-0.39, 0.29) is 11.8 Å². The maximum atomic E-state index is 8.05. The Labute approximate surface area is 214 Å². The summed E-state index contributed by atoms with van der Waals surface area (Å²) >= 11 is 13.9. The first-order valence-corrected chi connectivity index (χ1v) is 12.5. The van der Waals surface area contributed by atoms with E-state index in [0.717, 1.165) is 27.3 Å². The van der Waals surface area contributed by atoms with E-state index in [1.807, 2.05) is 62.4 Å². The molecule has 0 fully saturated rings. The van der Waals surface area contributed by atoms with Crippen LogP contribution < -0.4 is 11.1 Å². The second-order valence-electron chi connectivity index (χ2n) is 7.54. The zero-order valence-corrected chi connectivity index (χ0v) is 21.8. The van der Waals surface area contributed by atoms with Crippen LogP contribution >= 0.6 is 34.5 Å². The van der Waals surface area contributed by atoms with Gasteiger partial charge in [-0.1, -0.05) is 87.3 Å². The number of hydrogen-bond donors (Lipinski definition) is 3. The molecule has 4 aromatic rings. The topological polar surface area (TPSA) is 87.7 Å². The van der Waals surface area contributed by atoms with E-state index in [2.05, 4.69) is 24.1 Å². The van der Waals surface area contributed by atoms with E-state index < -0.39 is 0 Å². The van der Waals surface area contributed by atoms with Crippen LogP contribution in [0, 0.1) is 5.41 Å². The SMILES string of the molecule is CC.CC(C)c1sc(Nc2ncc(-c3ccccc3)cc2C(=N)N)nc1-c1ccc(Cl)c(Cl)c1. The van der Waals surface area contributed by atoms with E-state index in [4.69, 9.17) is 39.3 Å². The Morgan fingerprint density at radius 3 is 2.29 bits per heavy atom. The highest BCUT2D eigenvalue weighted by atomic mass is 35.5. The van der Waals surface area contributed by atoms with Gasteiger partial charge in [-0.3, -0.25) is 5.41 Å². The van der Waals surface area contributed by atoms with Crippen LogP contribution in [0.1, 0.15) is 44.1 Å². The van der Waals surface area contributed by atoms with Gasteiger partial charge < -0.3 is 11.1 Å². The Morgan fingerprint density at radius 1 is 0.971 bits per heavy atom. The lowest BCUT2D eigenvalue weighted by Crippen LogP contribution is -2.14. The molecule has 0 spiro atoms. The van der Waals surface area contributed by atoms with Gasteiger partial charge in [0.05, 0.1) is 21.3 Å². The van der Waals surface area contributed by atoms with Gasteiger partial charge in [-0.05, 0) is 29.7 Å². The zero-order chi connectivity index (χ0) is 24.8. The summed E-state index contributed by atoms with van der Waals surface area (Å²) in [6, 6.07) is 17.2. The predicted molar refractivity (Wildman–Crippen MR) is 147 cm³/mol. The van der Waals surface area contributed by atoms with Crippen molar-refractivity contribution in [2.75, 3.05) is 5.32 Å². The Hall–Kier alpha value is -2.93. The van der Waals surface area contributed by atoms with E-state index in [0.29, 0.717) is 26.6 Å². The van der Waals surface area contributed by atoms with E-state index in [1.54, 1.807) is 12.3 Å². The van der Waals surface area contributed by atoms with Gasteiger partial charge in [-0.25, -0.2) is 9.97 Å². The van der Waals surface area contributed by atoms with Crippen molar-refractivity contribution in [3.8, 4) is 22.4 Å². The molecule has 2 aromatic heterocycles. The van der Waals surface area contributed by atoms with Crippen molar-refractivity contribution < 1.29 is 0 Å². The van der Waals surface area contributed by atoms with E-state index >= 15 is 0 Å². The highest BCUT2D eigenvalue weighted by Gasteiger charge is 2.19. The van der Waals surface area contributed by atoms with Crippen LogP contribution in [0.25, 0.3) is 22.4 Å². The minimum atomic E-state index is -0.0665. The molecule has 0 saturated heterocycles. The number of nitrogens with one attached hydrogen (secondary N) is 2. The lowest BCUT2D eigenvalue weighted by molar-refractivity contribution is 0.888. The van der Waals surface area contributed by atoms with Gasteiger partial charge in [0.15, 0.2) is 5.13 Å². The number of benzene rings is 2. The van der Waals surface area contributed by atoms with Gasteiger partial charge in [0, 0.05) is 22.2 Å². The molecule has 0 unspecified atom stereocenters. The van der Waals surface area contributed by atoms with Crippen molar-refractivity contribution in [3.63, 3.8) is 0 Å². The largest absolute Gasteiger partial charge is 0.384 e. The molecule has 0 radical (unpaired) electrons. The van der Waals surface area contributed by atoms with Gasteiger partial charge >= 0.3 is 0 Å². The quantitative estimate of drug-likeness (QED) is 0.179. The number of nitrogen functional groups attached to an aromatic ring is 1. The molecule has 2 aromatic carbocycles. The zero-order valence-electron chi connectivity index (χ0n) is 19.5. The third-order valence-electron chi connectivity index (χ3n) is 4.88. The normalized spacial score (nSPS) is 10.6. The summed E-state index contributed by atoms with van der Waals surface area (Å²) < 4.78 is 0. The van der Waals surface area contributed by atoms with Crippen LogP contribution in [0.5, 0.6) is 0 Å². The number of pyridine rings is 1. The molecule has 5 nitrogen and oxygen atoms in total. The van der Waals surface area contributed by atoms with Crippen LogP contribution in [0.4, 0.5) is 10.9 Å². The van der Waals surface area contributed by atoms with Crippen LogP contribution in [-0.2, 0) is 0 Å². The minimum absolute atomic E-state index is 0.0665. The number of aromatic nitrogens is 2. The highest BCUT2D eigenvalue weighted by Crippen LogP contribution is 2.39. The lowest BCUT2D eigenvalue weighted by Gasteiger charge is -2.10. The van der Waals surface area contributed by atoms with Crippen molar-refractivity contribution in [3.05, 3.63) is 81.3 Å². The molecule has 0 saturated carbocycles. The molecule has 0 aliphatic heterocycles. The van der Waals surface area contributed by atoms with Gasteiger partial charge in [0.25, 0.3) is 0 Å². The van der Waals surface area contributed by atoms with Crippen molar-refractivity contribution in [1.29, 1.82) is 5.41 Å². The monoisotopic (exact) mass is 511 g/mol. The molecule has 2 heterocycles. The molecule has 0 bridgehead atoms. The molecule has 8 heteroatoms. The first kappa shape index (κ1) is 25.7. The number of halogens is 2. The average molecular weight is 513 g/mol. The predicted octanol–water partition coefficient (Wildman–Crippen LogP) is 8.36. The molecule has 34 heavy (non-hydrogen) atoms. The third kappa shape index (κ3) is 5.76. The summed E-state index contributed by atoms with van der Waals surface area (Å²) in [4.78, 5) is 10.5. The number of nitrogens with two attached hydrogens (primary N) is 1. The Bertz CT molecular complexity index is 1290. The average Bonchev–Trinajstić information content (AvgIpc) is 3.27. The molecule has 4 N–H and O–H groups in total. The molecule has 0 atom stereocenters. The molecular formula is C26H27Cl2N5S. The fourth-order valence-electron chi connectivity index (χ4n) is 3.29. The smallest absolute Gasteiger partial charge is 0.189 e. The van der Waals surface area contributed by atoms with E-state index in [9.17, 15) is 0 Å². The number of hydrogen-bond acceptors (Lipinski definition) is 5. The Morgan fingerprint density at radius 2 is 1.68 bits per heavy atom. The maximum Gasteiger partial charge on any atom is 0.189 e. The summed E-state index contributed by atoms with van der Waals surface area (Å²) in [5.41, 5.74) is 10.0. The summed E-state index contributed by atoms with van der Waals surface area (Å²) in [7, 11) is 0. The summed E-state index contributed by atoms with van der Waals surface area (Å²) in [6.45, 7) is 8.23. The Balaban J connectivity index is 0.00000158. The van der Waals surface area contributed by atoms with Gasteiger partial charge in [-0.15, -0.1) is 11.3 Å². The number of amidine groups is 1. The van der Waals surface area contributed by atoms with Crippen LogP contribution in [0.15, 0.2) is 60.8 Å². The lowest BCUT2D eigenvalue weighted by atomic mass is 10.1. The van der Waals surface area contributed by atoms with Gasteiger partial charge in [0.2, 0.25) is 0 Å². The first-order valence-electron chi connectivity index (χ1n) is 11.0. The van der Waals surface area contributed by atoms with Crippen LogP contribution in [0.3, 0.4) is 0 Å². The highest BCUT2D eigenvalue weighted by molar-refractivity contribution is 7.16. The molecule has 176 valence electrons. The fraction of sp³-hybridized carbons (Fsp3) is 0.192. The summed E-state index contributed by atoms with van der Waals surface area (Å²) in [6.07, 6.45) is 1.76. The van der Waals surface area contributed by atoms with Crippen molar-refractivity contribution in [2.45, 2.75) is 33.6 Å². The van der Waals surface area contributed by atoms with Gasteiger partial charge in [0.1, 0.15) is 11.7 Å². The van der Waals surface area contributed by atoms with Crippen molar-refractivity contribution in [1.82, 2.24) is 9.97 Å². The summed E-state index contributed by atoms with van der Waals surface area (Å²) in [5.74, 6) is 0.679. The molecule has 0 aliphatic carbocycles. The number of rotatable bonds is 6. The summed E-state index contributed by atoms with van der Waals surface area (Å²) in [5, 5.41) is 13.0. The molecule has 4 rings (SSSR count). The molecule has 0 aliphatic rings. The molecule has 0 amide bonds. The maximum absolute atomic E-state index is 8.05. The van der Waals surface area contributed by atoms with Gasteiger partial charge in [-0.2, -0.15) is 0 Å². The van der Waals surface area contributed by atoms with E-state index in [1.165, 1.54) is 11.3 Å². The van der Waals surface area contributed by atoms with Crippen molar-refractivity contribution in [2.24, 2.45) is 5.73 Å². The first-order chi connectivity index (χ1) is 16.3. The van der Waals surface area contributed by atoms with Crippen molar-refractivity contribution >= 4 is 51.3 Å². The third-order valence-corrected chi connectivity index (χ3v) is 6.89. The number of anilines is 2. The number of nitrogens with zero attached hydrogens (tertiary/aromatic N) is 2. The minimum Gasteiger partial charge on any atom is -0.384 e. The number of thiazole rings is 1. The van der Waals surface area contributed by atoms with Crippen LogP contribution in [-0.4, -0.2) is 15.8 Å². The standard InChI is InChI=1S/C24H21Cl2N5S.C2H6/c1-13(2)21-20(15-8-9-18(25)19(26)11-15)30-24(32-21)31-23-17(22(27)28)10-16(12-29-23)14-6-4-3-5-7-14;1-2/h3-13H,1-2H3,(H3,27,28)(H,29,30,31);1-2H3. The Kier molecular flexibility index (Phi) is 8.67. The molecular weight excluding hydrogens is 485 g/mol. The van der Waals surface area contributed by atoms with Crippen LogP contribution in [0.2, 0.25) is 10.0 Å². The second-order valence-corrected chi connectivity index (χ2v) is 9.39.